The molecule has 3 rings (SSSR count). The van der Waals surface area contributed by atoms with Crippen LogP contribution in [0.15, 0.2) is 24.3 Å². The van der Waals surface area contributed by atoms with Gasteiger partial charge in [0.1, 0.15) is 12.1 Å². The van der Waals surface area contributed by atoms with Crippen LogP contribution in [-0.2, 0) is 6.42 Å². The van der Waals surface area contributed by atoms with Gasteiger partial charge in [0.2, 0.25) is 0 Å². The normalized spacial score (nSPS) is 19.1. The average Bonchev–Trinajstić information content (AvgIpc) is 2.75. The van der Waals surface area contributed by atoms with Crippen molar-refractivity contribution in [2.24, 2.45) is 0 Å². The predicted molar refractivity (Wildman–Crippen MR) is 64.4 cm³/mol. The van der Waals surface area contributed by atoms with E-state index in [0.29, 0.717) is 5.82 Å². The van der Waals surface area contributed by atoms with E-state index in [1.165, 1.54) is 5.56 Å². The molecule has 0 fully saturated rings. The number of hydrogen-bond acceptors (Lipinski definition) is 3. The average molecular weight is 229 g/mol. The highest BCUT2D eigenvalue weighted by atomic mass is 16.3. The van der Waals surface area contributed by atoms with E-state index in [-0.39, 0.29) is 0 Å². The molecule has 4 heteroatoms. The molecule has 0 spiro atoms. The summed E-state index contributed by atoms with van der Waals surface area (Å²) in [5.41, 5.74) is 2.22. The third-order valence-corrected chi connectivity index (χ3v) is 3.16. The second-order valence-electron chi connectivity index (χ2n) is 4.54. The maximum atomic E-state index is 9.83. The summed E-state index contributed by atoms with van der Waals surface area (Å²) in [6.07, 6.45) is 2.14. The van der Waals surface area contributed by atoms with E-state index in [1.54, 1.807) is 4.68 Å². The zero-order valence-corrected chi connectivity index (χ0v) is 9.80. The molecule has 0 saturated heterocycles. The first kappa shape index (κ1) is 10.5. The van der Waals surface area contributed by atoms with Crippen LogP contribution in [0.2, 0.25) is 0 Å². The Morgan fingerprint density at radius 2 is 2.06 bits per heavy atom. The number of hydrogen-bond donors (Lipinski definition) is 1. The molecule has 0 amide bonds. The van der Waals surface area contributed by atoms with Gasteiger partial charge in [-0.15, -0.1) is 5.10 Å². The molecule has 0 aliphatic carbocycles. The standard InChI is InChI=1S/C13H15N3O/c1-9-5-7-10(8-6-9)13-14-11-3-2-4-12(17)16(11)15-13/h5-8,12,17H,2-4H2,1H3. The fraction of sp³-hybridized carbons (Fsp3) is 0.385. The number of aliphatic hydroxyl groups excluding tert-OH is 1. The third kappa shape index (κ3) is 1.85. The number of aromatic nitrogens is 3. The Kier molecular flexibility index (Phi) is 2.44. The zero-order valence-electron chi connectivity index (χ0n) is 9.80. The summed E-state index contributed by atoms with van der Waals surface area (Å²) in [5.74, 6) is 1.60. The molecule has 1 unspecified atom stereocenters. The number of nitrogens with zero attached hydrogens (tertiary/aromatic N) is 3. The predicted octanol–water partition coefficient (Wildman–Crippen LogP) is 2.08. The van der Waals surface area contributed by atoms with Crippen LogP contribution in [0.1, 0.15) is 30.5 Å². The summed E-state index contributed by atoms with van der Waals surface area (Å²) in [7, 11) is 0. The second kappa shape index (κ2) is 3.96. The highest BCUT2D eigenvalue weighted by Gasteiger charge is 2.21. The van der Waals surface area contributed by atoms with Gasteiger partial charge in [0.05, 0.1) is 0 Å². The van der Waals surface area contributed by atoms with Gasteiger partial charge in [-0.1, -0.05) is 29.8 Å². The first-order valence-electron chi connectivity index (χ1n) is 5.94. The lowest BCUT2D eigenvalue weighted by molar-refractivity contribution is 0.0648. The van der Waals surface area contributed by atoms with Gasteiger partial charge in [-0.3, -0.25) is 0 Å². The molecule has 0 bridgehead atoms. The molecule has 17 heavy (non-hydrogen) atoms. The smallest absolute Gasteiger partial charge is 0.181 e. The van der Waals surface area contributed by atoms with E-state index in [1.807, 2.05) is 24.3 Å². The summed E-state index contributed by atoms with van der Waals surface area (Å²) in [6.45, 7) is 2.05. The SMILES string of the molecule is Cc1ccc(-c2nc3n(n2)C(O)CCC3)cc1. The van der Waals surface area contributed by atoms with Crippen LogP contribution in [0, 0.1) is 6.92 Å². The van der Waals surface area contributed by atoms with Crippen molar-refractivity contribution < 1.29 is 5.11 Å². The maximum absolute atomic E-state index is 9.83. The van der Waals surface area contributed by atoms with E-state index in [2.05, 4.69) is 17.0 Å². The highest BCUT2D eigenvalue weighted by molar-refractivity contribution is 5.55. The van der Waals surface area contributed by atoms with Crippen molar-refractivity contribution in [1.29, 1.82) is 0 Å². The van der Waals surface area contributed by atoms with E-state index >= 15 is 0 Å². The van der Waals surface area contributed by atoms with Crippen LogP contribution >= 0.6 is 0 Å². The molecule has 1 N–H and O–H groups in total. The van der Waals surface area contributed by atoms with Crippen molar-refractivity contribution in [1.82, 2.24) is 14.8 Å². The fourth-order valence-corrected chi connectivity index (χ4v) is 2.15. The number of benzene rings is 1. The van der Waals surface area contributed by atoms with Crippen LogP contribution in [0.3, 0.4) is 0 Å². The monoisotopic (exact) mass is 229 g/mol. The lowest BCUT2D eigenvalue weighted by Gasteiger charge is -2.17. The van der Waals surface area contributed by atoms with Gasteiger partial charge in [0.15, 0.2) is 5.82 Å². The molecule has 0 radical (unpaired) electrons. The zero-order chi connectivity index (χ0) is 11.8. The van der Waals surface area contributed by atoms with Gasteiger partial charge in [-0.25, -0.2) is 9.67 Å². The maximum Gasteiger partial charge on any atom is 0.181 e. The molecular formula is C13H15N3O. The van der Waals surface area contributed by atoms with Crippen molar-refractivity contribution in [3.8, 4) is 11.4 Å². The first-order valence-corrected chi connectivity index (χ1v) is 5.94. The Bertz CT molecular complexity index is 530. The van der Waals surface area contributed by atoms with Gasteiger partial charge in [0, 0.05) is 12.0 Å². The van der Waals surface area contributed by atoms with Gasteiger partial charge in [0.25, 0.3) is 0 Å². The molecule has 4 nitrogen and oxygen atoms in total. The Balaban J connectivity index is 2.02. The largest absolute Gasteiger partial charge is 0.372 e. The van der Waals surface area contributed by atoms with Crippen molar-refractivity contribution in [3.63, 3.8) is 0 Å². The van der Waals surface area contributed by atoms with Crippen LogP contribution in [-0.4, -0.2) is 19.9 Å². The van der Waals surface area contributed by atoms with Crippen molar-refractivity contribution >= 4 is 0 Å². The minimum absolute atomic E-state index is 0.509. The van der Waals surface area contributed by atoms with Crippen molar-refractivity contribution in [3.05, 3.63) is 35.7 Å². The molecule has 1 atom stereocenters. The Morgan fingerprint density at radius 3 is 2.76 bits per heavy atom. The molecule has 2 heterocycles. The van der Waals surface area contributed by atoms with E-state index in [0.717, 1.165) is 30.7 Å². The molecule has 0 saturated carbocycles. The second-order valence-corrected chi connectivity index (χ2v) is 4.54. The fourth-order valence-electron chi connectivity index (χ4n) is 2.15. The summed E-state index contributed by atoms with van der Waals surface area (Å²) >= 11 is 0. The lowest BCUT2D eigenvalue weighted by Crippen LogP contribution is -2.18. The van der Waals surface area contributed by atoms with Gasteiger partial charge in [-0.05, 0) is 19.8 Å². The summed E-state index contributed by atoms with van der Waals surface area (Å²) in [5, 5.41) is 14.2. The quantitative estimate of drug-likeness (QED) is 0.814. The number of aryl methyl sites for hydroxylation is 2. The van der Waals surface area contributed by atoms with Crippen molar-refractivity contribution in [2.45, 2.75) is 32.4 Å². The summed E-state index contributed by atoms with van der Waals surface area (Å²) < 4.78 is 1.65. The Hall–Kier alpha value is -1.68. The minimum Gasteiger partial charge on any atom is -0.372 e. The number of fused-ring (bicyclic) bond motifs is 1. The number of aliphatic hydroxyl groups is 1. The third-order valence-electron chi connectivity index (χ3n) is 3.16. The number of rotatable bonds is 1. The molecule has 2 aromatic rings. The molecule has 88 valence electrons. The van der Waals surface area contributed by atoms with Crippen LogP contribution < -0.4 is 0 Å². The van der Waals surface area contributed by atoms with Crippen LogP contribution in [0.25, 0.3) is 11.4 Å². The Labute approximate surface area is 99.9 Å². The van der Waals surface area contributed by atoms with Gasteiger partial charge in [-0.2, -0.15) is 0 Å². The van der Waals surface area contributed by atoms with Crippen LogP contribution in [0.4, 0.5) is 0 Å². The lowest BCUT2D eigenvalue weighted by atomic mass is 10.1. The highest BCUT2D eigenvalue weighted by Crippen LogP contribution is 2.24. The van der Waals surface area contributed by atoms with Gasteiger partial charge >= 0.3 is 0 Å². The van der Waals surface area contributed by atoms with Crippen LogP contribution in [0.5, 0.6) is 0 Å². The summed E-state index contributed by atoms with van der Waals surface area (Å²) in [4.78, 5) is 4.49. The minimum atomic E-state index is -0.509. The van der Waals surface area contributed by atoms with Crippen molar-refractivity contribution in [2.75, 3.05) is 0 Å². The topological polar surface area (TPSA) is 50.9 Å². The van der Waals surface area contributed by atoms with Gasteiger partial charge < -0.3 is 5.11 Å². The molecule has 1 aliphatic rings. The van der Waals surface area contributed by atoms with E-state index < -0.39 is 6.23 Å². The molecule has 1 aromatic heterocycles. The van der Waals surface area contributed by atoms with E-state index in [9.17, 15) is 5.11 Å². The Morgan fingerprint density at radius 1 is 1.29 bits per heavy atom. The van der Waals surface area contributed by atoms with E-state index in [4.69, 9.17) is 0 Å². The molecular weight excluding hydrogens is 214 g/mol. The molecule has 1 aromatic carbocycles. The summed E-state index contributed by atoms with van der Waals surface area (Å²) in [6, 6.07) is 8.13. The molecule has 1 aliphatic heterocycles. The first-order chi connectivity index (χ1) is 8.24.